The third-order valence-electron chi connectivity index (χ3n) is 3.09. The van der Waals surface area contributed by atoms with Crippen LogP contribution in [0.2, 0.25) is 0 Å². The summed E-state index contributed by atoms with van der Waals surface area (Å²) in [6.45, 7) is 4.26. The Labute approximate surface area is 102 Å². The van der Waals surface area contributed by atoms with Crippen molar-refractivity contribution < 1.29 is 4.79 Å². The van der Waals surface area contributed by atoms with Gasteiger partial charge in [0.1, 0.15) is 5.71 Å². The van der Waals surface area contributed by atoms with E-state index < -0.39 is 0 Å². The molecule has 1 aromatic carbocycles. The molecule has 1 N–H and O–H groups in total. The Bertz CT molecular complexity index is 435. The van der Waals surface area contributed by atoms with Gasteiger partial charge in [0.25, 0.3) is 0 Å². The normalized spacial score (nSPS) is 21.5. The molecule has 3 heteroatoms. The van der Waals surface area contributed by atoms with Gasteiger partial charge in [-0.25, -0.2) is 0 Å². The van der Waals surface area contributed by atoms with E-state index in [1.807, 2.05) is 30.3 Å². The van der Waals surface area contributed by atoms with Gasteiger partial charge in [0.2, 0.25) is 0 Å². The quantitative estimate of drug-likeness (QED) is 0.792. The van der Waals surface area contributed by atoms with E-state index in [0.29, 0.717) is 12.1 Å². The minimum Gasteiger partial charge on any atom is -0.293 e. The summed E-state index contributed by atoms with van der Waals surface area (Å²) in [5, 5.41) is 4.22. The van der Waals surface area contributed by atoms with E-state index in [0.717, 1.165) is 18.5 Å². The fraction of sp³-hybridized carbons (Fsp3) is 0.429. The average molecular weight is 230 g/mol. The number of benzene rings is 1. The van der Waals surface area contributed by atoms with Crippen molar-refractivity contribution in [2.45, 2.75) is 33.1 Å². The number of nitrogens with zero attached hydrogens (tertiary/aromatic N) is 1. The Kier molecular flexibility index (Phi) is 3.27. The number of para-hydroxylation sites is 1. The highest BCUT2D eigenvalue weighted by Gasteiger charge is 2.30. The molecule has 0 saturated heterocycles. The largest absolute Gasteiger partial charge is 0.293 e. The maximum atomic E-state index is 11.9. The zero-order chi connectivity index (χ0) is 12.3. The molecule has 0 aromatic heterocycles. The zero-order valence-electron chi connectivity index (χ0n) is 10.4. The lowest BCUT2D eigenvalue weighted by atomic mass is 9.76. The molecule has 3 nitrogen and oxygen atoms in total. The first kappa shape index (κ1) is 11.8. The molecule has 0 spiro atoms. The van der Waals surface area contributed by atoms with E-state index in [2.05, 4.69) is 24.4 Å². The Morgan fingerprint density at radius 1 is 1.24 bits per heavy atom. The number of Topliss-reactive ketones (excluding diaryl/α,β-unsaturated/α-hetero) is 1. The highest BCUT2D eigenvalue weighted by molar-refractivity contribution is 6.40. The standard InChI is InChI=1S/C14H18N2O/c1-14(2)9-8-12(13(17)10-14)16-15-11-6-4-3-5-7-11/h3-7,15H,8-10H2,1-2H3/b16-12-. The maximum Gasteiger partial charge on any atom is 0.179 e. The third kappa shape index (κ3) is 3.16. The number of ketones is 1. The van der Waals surface area contributed by atoms with Crippen molar-refractivity contribution in [2.75, 3.05) is 5.43 Å². The molecular formula is C14H18N2O. The molecule has 0 heterocycles. The summed E-state index contributed by atoms with van der Waals surface area (Å²) in [5.41, 5.74) is 4.66. The van der Waals surface area contributed by atoms with Crippen LogP contribution in [0.25, 0.3) is 0 Å². The van der Waals surface area contributed by atoms with Gasteiger partial charge in [0.15, 0.2) is 5.78 Å². The second-order valence-corrected chi connectivity index (χ2v) is 5.30. The minimum atomic E-state index is 0.128. The van der Waals surface area contributed by atoms with E-state index in [9.17, 15) is 4.79 Å². The monoisotopic (exact) mass is 230 g/mol. The Hall–Kier alpha value is -1.64. The molecule has 0 amide bonds. The molecule has 0 bridgehead atoms. The topological polar surface area (TPSA) is 41.5 Å². The summed E-state index contributed by atoms with van der Waals surface area (Å²) in [6, 6.07) is 9.69. The molecular weight excluding hydrogens is 212 g/mol. The van der Waals surface area contributed by atoms with Crippen LogP contribution >= 0.6 is 0 Å². The van der Waals surface area contributed by atoms with Crippen molar-refractivity contribution in [2.24, 2.45) is 10.5 Å². The number of hydrazone groups is 1. The summed E-state index contributed by atoms with van der Waals surface area (Å²) in [4.78, 5) is 11.9. The Morgan fingerprint density at radius 2 is 1.94 bits per heavy atom. The van der Waals surface area contributed by atoms with Crippen LogP contribution in [0, 0.1) is 5.41 Å². The van der Waals surface area contributed by atoms with Gasteiger partial charge in [-0.3, -0.25) is 10.2 Å². The molecule has 1 aromatic rings. The smallest absolute Gasteiger partial charge is 0.179 e. The second-order valence-electron chi connectivity index (χ2n) is 5.30. The van der Waals surface area contributed by atoms with Crippen LogP contribution in [0.1, 0.15) is 33.1 Å². The lowest BCUT2D eigenvalue weighted by Crippen LogP contribution is -2.30. The van der Waals surface area contributed by atoms with E-state index in [4.69, 9.17) is 0 Å². The number of hydrogen-bond donors (Lipinski definition) is 1. The summed E-state index contributed by atoms with van der Waals surface area (Å²) >= 11 is 0. The fourth-order valence-electron chi connectivity index (χ4n) is 1.98. The average Bonchev–Trinajstić information content (AvgIpc) is 2.28. The van der Waals surface area contributed by atoms with Gasteiger partial charge in [-0.1, -0.05) is 32.0 Å². The van der Waals surface area contributed by atoms with Crippen LogP contribution in [0.3, 0.4) is 0 Å². The first-order valence-electron chi connectivity index (χ1n) is 5.98. The van der Waals surface area contributed by atoms with Crippen LogP contribution < -0.4 is 5.43 Å². The van der Waals surface area contributed by atoms with Gasteiger partial charge in [0, 0.05) is 6.42 Å². The molecule has 1 aliphatic carbocycles. The van der Waals surface area contributed by atoms with Gasteiger partial charge in [-0.2, -0.15) is 5.10 Å². The first-order valence-corrected chi connectivity index (χ1v) is 5.98. The second kappa shape index (κ2) is 4.70. The van der Waals surface area contributed by atoms with Crippen LogP contribution in [-0.2, 0) is 4.79 Å². The highest BCUT2D eigenvalue weighted by Crippen LogP contribution is 2.31. The number of carbonyl (C=O) groups excluding carboxylic acids is 1. The van der Waals surface area contributed by atoms with E-state index >= 15 is 0 Å². The molecule has 1 saturated carbocycles. The van der Waals surface area contributed by atoms with Crippen molar-refractivity contribution >= 4 is 17.2 Å². The van der Waals surface area contributed by atoms with Crippen molar-refractivity contribution in [1.82, 2.24) is 0 Å². The fourth-order valence-corrected chi connectivity index (χ4v) is 1.98. The van der Waals surface area contributed by atoms with Gasteiger partial charge in [0.05, 0.1) is 5.69 Å². The molecule has 0 radical (unpaired) electrons. The molecule has 0 aliphatic heterocycles. The first-order chi connectivity index (χ1) is 8.07. The van der Waals surface area contributed by atoms with Crippen molar-refractivity contribution in [3.8, 4) is 0 Å². The van der Waals surface area contributed by atoms with Crippen LogP contribution in [0.5, 0.6) is 0 Å². The third-order valence-corrected chi connectivity index (χ3v) is 3.09. The van der Waals surface area contributed by atoms with Crippen molar-refractivity contribution in [3.63, 3.8) is 0 Å². The predicted molar refractivity (Wildman–Crippen MR) is 70.1 cm³/mol. The zero-order valence-corrected chi connectivity index (χ0v) is 10.4. The van der Waals surface area contributed by atoms with Gasteiger partial charge in [-0.15, -0.1) is 0 Å². The van der Waals surface area contributed by atoms with Crippen molar-refractivity contribution in [1.29, 1.82) is 0 Å². The molecule has 2 rings (SSSR count). The lowest BCUT2D eigenvalue weighted by Gasteiger charge is -2.28. The maximum absolute atomic E-state index is 11.9. The van der Waals surface area contributed by atoms with Crippen molar-refractivity contribution in [3.05, 3.63) is 30.3 Å². The highest BCUT2D eigenvalue weighted by atomic mass is 16.1. The SMILES string of the molecule is CC1(C)CC/C(=N/Nc2ccccc2)C(=O)C1. The summed E-state index contributed by atoms with van der Waals surface area (Å²) in [7, 11) is 0. The number of anilines is 1. The van der Waals surface area contributed by atoms with Gasteiger partial charge < -0.3 is 0 Å². The molecule has 1 aliphatic rings. The van der Waals surface area contributed by atoms with E-state index in [1.54, 1.807) is 0 Å². The molecule has 1 fully saturated rings. The number of nitrogens with one attached hydrogen (secondary N) is 1. The predicted octanol–water partition coefficient (Wildman–Crippen LogP) is 3.23. The lowest BCUT2D eigenvalue weighted by molar-refractivity contribution is -0.115. The van der Waals surface area contributed by atoms with Crippen LogP contribution in [-0.4, -0.2) is 11.5 Å². The summed E-state index contributed by atoms with van der Waals surface area (Å²) < 4.78 is 0. The van der Waals surface area contributed by atoms with Crippen LogP contribution in [0.15, 0.2) is 35.4 Å². The number of rotatable bonds is 2. The van der Waals surface area contributed by atoms with E-state index in [1.165, 1.54) is 0 Å². The molecule has 0 atom stereocenters. The number of carbonyl (C=O) groups is 1. The van der Waals surface area contributed by atoms with Gasteiger partial charge >= 0.3 is 0 Å². The molecule has 17 heavy (non-hydrogen) atoms. The Morgan fingerprint density at radius 3 is 2.59 bits per heavy atom. The van der Waals surface area contributed by atoms with Gasteiger partial charge in [-0.05, 0) is 30.4 Å². The molecule has 90 valence electrons. The minimum absolute atomic E-state index is 0.128. The summed E-state index contributed by atoms with van der Waals surface area (Å²) in [6.07, 6.45) is 2.39. The summed E-state index contributed by atoms with van der Waals surface area (Å²) in [5.74, 6) is 0.171. The Balaban J connectivity index is 2.02. The number of hydrogen-bond acceptors (Lipinski definition) is 3. The van der Waals surface area contributed by atoms with Crippen LogP contribution in [0.4, 0.5) is 5.69 Å². The molecule has 0 unspecified atom stereocenters. The van der Waals surface area contributed by atoms with E-state index in [-0.39, 0.29) is 11.2 Å².